The molecule has 0 unspecified atom stereocenters. The number of benzene rings is 3. The summed E-state index contributed by atoms with van der Waals surface area (Å²) in [4.78, 5) is 85.0. The number of nitrogens with one attached hydrogen (secondary N) is 7. The molecule has 0 saturated carbocycles. The number of nitrogens with two attached hydrogens (primary N) is 1. The number of aromatic amines is 1. The zero-order valence-electron chi connectivity index (χ0n) is 32.5. The second-order valence-corrected chi connectivity index (χ2v) is 15.0. The molecular formula is C43H54N8O6. The third-order valence-electron chi connectivity index (χ3n) is 9.94. The van der Waals surface area contributed by atoms with Crippen molar-refractivity contribution in [2.45, 2.75) is 89.0 Å². The first-order valence-electron chi connectivity index (χ1n) is 19.6. The van der Waals surface area contributed by atoms with Crippen LogP contribution in [0.15, 0.2) is 91.1 Å². The number of carbonyl (C=O) groups excluding carboxylic acids is 6. The van der Waals surface area contributed by atoms with Gasteiger partial charge < -0.3 is 42.6 Å². The molecule has 0 bridgehead atoms. The van der Waals surface area contributed by atoms with Gasteiger partial charge in [-0.05, 0) is 47.9 Å². The van der Waals surface area contributed by atoms with Gasteiger partial charge in [0.05, 0.1) is 6.04 Å². The summed E-state index contributed by atoms with van der Waals surface area (Å²) in [5.41, 5.74) is 8.74. The van der Waals surface area contributed by atoms with Crippen molar-refractivity contribution in [3.63, 3.8) is 0 Å². The quantitative estimate of drug-likeness (QED) is 0.113. The summed E-state index contributed by atoms with van der Waals surface area (Å²) in [5, 5.41) is 18.6. The number of hydrogen-bond donors (Lipinski definition) is 8. The molecule has 0 spiro atoms. The Bertz CT molecular complexity index is 1980. The van der Waals surface area contributed by atoms with E-state index in [1.807, 2.05) is 98.8 Å². The number of primary amides is 1. The Balaban J connectivity index is 1.51. The minimum absolute atomic E-state index is 0.0128. The zero-order chi connectivity index (χ0) is 40.7. The molecule has 1 saturated heterocycles. The van der Waals surface area contributed by atoms with Gasteiger partial charge >= 0.3 is 0 Å². The third-order valence-corrected chi connectivity index (χ3v) is 9.94. The van der Waals surface area contributed by atoms with Crippen molar-refractivity contribution in [2.24, 2.45) is 11.7 Å². The summed E-state index contributed by atoms with van der Waals surface area (Å²) < 4.78 is 0. The molecule has 57 heavy (non-hydrogen) atoms. The molecule has 1 fully saturated rings. The number of carbonyl (C=O) groups is 6. The van der Waals surface area contributed by atoms with Gasteiger partial charge in [-0.25, -0.2) is 0 Å². The Morgan fingerprint density at radius 1 is 0.684 bits per heavy atom. The molecular weight excluding hydrogens is 725 g/mol. The highest BCUT2D eigenvalue weighted by Gasteiger charge is 2.32. The van der Waals surface area contributed by atoms with E-state index in [1.54, 1.807) is 6.20 Å². The fourth-order valence-electron chi connectivity index (χ4n) is 7.04. The summed E-state index contributed by atoms with van der Waals surface area (Å²) >= 11 is 0. The smallest absolute Gasteiger partial charge is 0.243 e. The van der Waals surface area contributed by atoms with Crippen LogP contribution in [0.1, 0.15) is 56.2 Å². The molecule has 1 aromatic heterocycles. The fourth-order valence-corrected chi connectivity index (χ4v) is 7.04. The minimum atomic E-state index is -1.25. The van der Waals surface area contributed by atoms with Crippen LogP contribution in [0.3, 0.4) is 0 Å². The second kappa shape index (κ2) is 20.8. The normalized spacial score (nSPS) is 21.9. The zero-order valence-corrected chi connectivity index (χ0v) is 32.5. The van der Waals surface area contributed by atoms with Crippen LogP contribution in [0.25, 0.3) is 10.9 Å². The summed E-state index contributed by atoms with van der Waals surface area (Å²) in [5.74, 6) is -3.08. The molecule has 4 aromatic rings. The third kappa shape index (κ3) is 13.0. The highest BCUT2D eigenvalue weighted by Crippen LogP contribution is 2.20. The van der Waals surface area contributed by atoms with Gasteiger partial charge in [-0.2, -0.15) is 0 Å². The van der Waals surface area contributed by atoms with Crippen molar-refractivity contribution in [2.75, 3.05) is 13.1 Å². The fraction of sp³-hybridized carbons (Fsp3) is 0.395. The molecule has 3 aromatic carbocycles. The van der Waals surface area contributed by atoms with Crippen molar-refractivity contribution < 1.29 is 28.8 Å². The molecule has 2 heterocycles. The van der Waals surface area contributed by atoms with E-state index in [0.29, 0.717) is 6.42 Å². The summed E-state index contributed by atoms with van der Waals surface area (Å²) in [6.45, 7) is 4.32. The van der Waals surface area contributed by atoms with Crippen LogP contribution in [0, 0.1) is 5.92 Å². The van der Waals surface area contributed by atoms with Crippen LogP contribution in [-0.2, 0) is 48.0 Å². The van der Waals surface area contributed by atoms with Gasteiger partial charge in [0.1, 0.15) is 18.1 Å². The molecule has 5 atom stereocenters. The molecule has 9 N–H and O–H groups in total. The van der Waals surface area contributed by atoms with Gasteiger partial charge in [-0.1, -0.05) is 92.7 Å². The topological polar surface area (TPSA) is 216 Å². The average Bonchev–Trinajstić information content (AvgIpc) is 3.59. The van der Waals surface area contributed by atoms with E-state index >= 15 is 0 Å². The molecule has 14 nitrogen and oxygen atoms in total. The molecule has 0 radical (unpaired) electrons. The Labute approximate surface area is 332 Å². The van der Waals surface area contributed by atoms with E-state index in [9.17, 15) is 28.8 Å². The van der Waals surface area contributed by atoms with Gasteiger partial charge in [0, 0.05) is 61.9 Å². The average molecular weight is 779 g/mol. The monoisotopic (exact) mass is 778 g/mol. The van der Waals surface area contributed by atoms with Crippen molar-refractivity contribution >= 4 is 46.3 Å². The van der Waals surface area contributed by atoms with E-state index in [4.69, 9.17) is 5.73 Å². The van der Waals surface area contributed by atoms with Crippen LogP contribution >= 0.6 is 0 Å². The largest absolute Gasteiger partial charge is 0.370 e. The maximum Gasteiger partial charge on any atom is 0.243 e. The van der Waals surface area contributed by atoms with Crippen molar-refractivity contribution in [3.05, 3.63) is 108 Å². The van der Waals surface area contributed by atoms with E-state index in [0.717, 1.165) is 27.6 Å². The van der Waals surface area contributed by atoms with Crippen LogP contribution in [0.4, 0.5) is 0 Å². The highest BCUT2D eigenvalue weighted by molar-refractivity contribution is 5.96. The summed E-state index contributed by atoms with van der Waals surface area (Å²) in [6.07, 6.45) is 2.45. The molecule has 1 aliphatic heterocycles. The van der Waals surface area contributed by atoms with Gasteiger partial charge in [0.2, 0.25) is 35.4 Å². The molecule has 6 amide bonds. The maximum atomic E-state index is 14.3. The SMILES string of the molecule is CC(C)C[C@@H]1CN[C@@H](Cc2ccccc2)C(=O)N[C@@H](CCC(N)=O)C(=O)N[C@@H](Cc2c[nH]c3ccccc23)C(=O)N[C@@H](Cc2ccccc2)C(=O)NCCC(=O)N1. The summed E-state index contributed by atoms with van der Waals surface area (Å²) in [6, 6.07) is 21.4. The van der Waals surface area contributed by atoms with Gasteiger partial charge in [-0.15, -0.1) is 0 Å². The van der Waals surface area contributed by atoms with E-state index < -0.39 is 53.7 Å². The van der Waals surface area contributed by atoms with Gasteiger partial charge in [0.25, 0.3) is 0 Å². The van der Waals surface area contributed by atoms with Crippen LogP contribution in [0.2, 0.25) is 0 Å². The standard InChI is InChI=1S/C43H54N8O6/c1-27(2)21-31-26-47-35(22-28-11-5-3-6-12-28)42(56)49-34(17-18-38(44)52)41(55)51-37(24-30-25-46-33-16-10-9-15-32(30)33)43(57)50-36(23-29-13-7-4-8-14-29)40(54)45-20-19-39(53)48-31/h3-16,25,27,31,34-37,46-47H,17-24,26H2,1-2H3,(H2,44,52)(H,45,54)(H,48,53)(H,49,56)(H,50,57)(H,51,55)/t31-,34+,35+,36+,37+/m1/s1. The molecule has 14 heteroatoms. The van der Waals surface area contributed by atoms with Gasteiger partial charge in [-0.3, -0.25) is 28.8 Å². The predicted octanol–water partition coefficient (Wildman–Crippen LogP) is 1.92. The first-order valence-corrected chi connectivity index (χ1v) is 19.6. The predicted molar refractivity (Wildman–Crippen MR) is 217 cm³/mol. The molecule has 302 valence electrons. The number of hydrogen-bond acceptors (Lipinski definition) is 7. The van der Waals surface area contributed by atoms with E-state index in [2.05, 4.69) is 36.9 Å². The second-order valence-electron chi connectivity index (χ2n) is 15.0. The number of amides is 6. The lowest BCUT2D eigenvalue weighted by molar-refractivity contribution is -0.134. The van der Waals surface area contributed by atoms with Gasteiger partial charge in [0.15, 0.2) is 0 Å². The van der Waals surface area contributed by atoms with Crippen LogP contribution in [0.5, 0.6) is 0 Å². The first-order chi connectivity index (χ1) is 27.4. The molecule has 1 aliphatic rings. The van der Waals surface area contributed by atoms with E-state index in [1.165, 1.54) is 0 Å². The first kappa shape index (κ1) is 42.1. The van der Waals surface area contributed by atoms with Crippen LogP contribution < -0.4 is 37.6 Å². The minimum Gasteiger partial charge on any atom is -0.370 e. The summed E-state index contributed by atoms with van der Waals surface area (Å²) in [7, 11) is 0. The Kier molecular flexibility index (Phi) is 15.4. The molecule has 0 aliphatic carbocycles. The maximum absolute atomic E-state index is 14.3. The van der Waals surface area contributed by atoms with Crippen molar-refractivity contribution in [1.82, 2.24) is 36.9 Å². The lowest BCUT2D eigenvalue weighted by Crippen LogP contribution is -2.59. The lowest BCUT2D eigenvalue weighted by atomic mass is 10.0. The number of rotatable bonds is 11. The highest BCUT2D eigenvalue weighted by atomic mass is 16.2. The number of fused-ring (bicyclic) bond motifs is 1. The van der Waals surface area contributed by atoms with E-state index in [-0.39, 0.29) is 69.5 Å². The lowest BCUT2D eigenvalue weighted by Gasteiger charge is -2.27. The number of para-hydroxylation sites is 1. The number of H-pyrrole nitrogens is 1. The number of aromatic nitrogens is 1. The van der Waals surface area contributed by atoms with Crippen molar-refractivity contribution in [3.8, 4) is 0 Å². The molecule has 5 rings (SSSR count). The Hall–Kier alpha value is -6.02. The Morgan fingerprint density at radius 3 is 1.89 bits per heavy atom. The van der Waals surface area contributed by atoms with Crippen LogP contribution in [-0.4, -0.2) is 83.7 Å². The Morgan fingerprint density at radius 2 is 1.25 bits per heavy atom. The van der Waals surface area contributed by atoms with Crippen molar-refractivity contribution in [1.29, 1.82) is 0 Å².